The molecule has 0 atom stereocenters. The molecule has 1 N–H and O–H groups in total. The quantitative estimate of drug-likeness (QED) is 0.528. The predicted octanol–water partition coefficient (Wildman–Crippen LogP) is 4.57. The van der Waals surface area contributed by atoms with Crippen molar-refractivity contribution in [2.24, 2.45) is 0 Å². The molecule has 1 saturated heterocycles. The summed E-state index contributed by atoms with van der Waals surface area (Å²) in [6.07, 6.45) is -0.839. The Kier molecular flexibility index (Phi) is 7.80. The van der Waals surface area contributed by atoms with E-state index in [1.807, 2.05) is 24.4 Å². The van der Waals surface area contributed by atoms with Gasteiger partial charge in [0, 0.05) is 74.4 Å². The fraction of sp³-hybridized carbons (Fsp3) is 0.259. The lowest BCUT2D eigenvalue weighted by atomic mass is 10.1. The molecule has 2 aromatic carbocycles. The maximum atomic E-state index is 12.5. The summed E-state index contributed by atoms with van der Waals surface area (Å²) < 4.78 is 36.6. The predicted molar refractivity (Wildman–Crippen MR) is 129 cm³/mol. The molecule has 0 aliphatic carbocycles. The van der Waals surface area contributed by atoms with Crippen molar-refractivity contribution >= 4 is 11.6 Å². The fourth-order valence-corrected chi connectivity index (χ4v) is 3.86. The summed E-state index contributed by atoms with van der Waals surface area (Å²) in [6.45, 7) is 5.68. The molecule has 180 valence electrons. The molecule has 0 radical (unpaired) electrons. The molecule has 0 bridgehead atoms. The van der Waals surface area contributed by atoms with Gasteiger partial charge in [-0.05, 0) is 53.6 Å². The van der Waals surface area contributed by atoms with Crippen LogP contribution in [0.25, 0.3) is 0 Å². The lowest BCUT2D eigenvalue weighted by molar-refractivity contribution is -0.0696. The molecular weight excluding hydrogens is 453 g/mol. The Hall–Kier alpha value is -3.67. The maximum absolute atomic E-state index is 12.5. The van der Waals surface area contributed by atoms with Gasteiger partial charge in [-0.3, -0.25) is 19.6 Å². The smallest absolute Gasteiger partial charge is 0.322 e. The van der Waals surface area contributed by atoms with Gasteiger partial charge in [-0.2, -0.15) is 13.2 Å². The average molecular weight is 479 g/mol. The Balaban J connectivity index is 1.25. The molecule has 1 aliphatic heterocycles. The molecule has 5 nitrogen and oxygen atoms in total. The standard InChI is InChI=1S/C27H25F3N4O/c28-27(29,30)12-11-21-5-9-25(10-6-21)32-26(35)24-7-3-22(4-8-24)19-33-14-16-34(17-15-33)20-23-2-1-13-31-18-23/h1-10,13,18H,14-17,19-20H2,(H,32,35). The molecule has 1 fully saturated rings. The Morgan fingerprint density at radius 3 is 2.09 bits per heavy atom. The van der Waals surface area contributed by atoms with Crippen molar-refractivity contribution in [1.29, 1.82) is 0 Å². The van der Waals surface area contributed by atoms with Crippen LogP contribution in [0.5, 0.6) is 0 Å². The fourth-order valence-electron chi connectivity index (χ4n) is 3.86. The summed E-state index contributed by atoms with van der Waals surface area (Å²) in [6, 6.07) is 17.5. The number of piperazine rings is 1. The Morgan fingerprint density at radius 1 is 0.886 bits per heavy atom. The first-order valence-electron chi connectivity index (χ1n) is 11.3. The van der Waals surface area contributed by atoms with Gasteiger partial charge >= 0.3 is 6.18 Å². The number of nitrogens with zero attached hydrogens (tertiary/aromatic N) is 3. The van der Waals surface area contributed by atoms with Gasteiger partial charge in [0.1, 0.15) is 0 Å². The van der Waals surface area contributed by atoms with E-state index in [1.54, 1.807) is 18.3 Å². The summed E-state index contributed by atoms with van der Waals surface area (Å²) in [5.41, 5.74) is 3.58. The highest BCUT2D eigenvalue weighted by atomic mass is 19.4. The van der Waals surface area contributed by atoms with E-state index in [1.165, 1.54) is 35.7 Å². The zero-order valence-corrected chi connectivity index (χ0v) is 19.1. The van der Waals surface area contributed by atoms with Gasteiger partial charge in [0.05, 0.1) is 0 Å². The van der Waals surface area contributed by atoms with E-state index >= 15 is 0 Å². The van der Waals surface area contributed by atoms with Crippen LogP contribution in [0.4, 0.5) is 18.9 Å². The number of pyridine rings is 1. The van der Waals surface area contributed by atoms with E-state index in [-0.39, 0.29) is 11.5 Å². The number of rotatable bonds is 6. The summed E-state index contributed by atoms with van der Waals surface area (Å²) in [7, 11) is 0. The van der Waals surface area contributed by atoms with Crippen molar-refractivity contribution in [1.82, 2.24) is 14.8 Å². The lowest BCUT2D eigenvalue weighted by Crippen LogP contribution is -2.45. The van der Waals surface area contributed by atoms with E-state index in [2.05, 4.69) is 32.1 Å². The number of benzene rings is 2. The highest BCUT2D eigenvalue weighted by Gasteiger charge is 2.23. The summed E-state index contributed by atoms with van der Waals surface area (Å²) in [5, 5.41) is 2.75. The molecule has 0 spiro atoms. The van der Waals surface area contributed by atoms with E-state index in [9.17, 15) is 18.0 Å². The number of anilines is 1. The molecule has 0 saturated carbocycles. The third kappa shape index (κ3) is 7.67. The second-order valence-corrected chi connectivity index (χ2v) is 8.39. The van der Waals surface area contributed by atoms with Crippen LogP contribution in [-0.2, 0) is 13.1 Å². The summed E-state index contributed by atoms with van der Waals surface area (Å²) in [5.74, 6) is 3.00. The third-order valence-electron chi connectivity index (χ3n) is 5.71. The molecule has 35 heavy (non-hydrogen) atoms. The molecule has 2 heterocycles. The number of hydrogen-bond donors (Lipinski definition) is 1. The van der Waals surface area contributed by atoms with Crippen LogP contribution in [0.2, 0.25) is 0 Å². The number of amides is 1. The van der Waals surface area contributed by atoms with Crippen LogP contribution in [0, 0.1) is 11.8 Å². The van der Waals surface area contributed by atoms with E-state index in [4.69, 9.17) is 0 Å². The van der Waals surface area contributed by atoms with Crippen molar-refractivity contribution in [2.75, 3.05) is 31.5 Å². The van der Waals surface area contributed by atoms with E-state index in [0.717, 1.165) is 44.8 Å². The van der Waals surface area contributed by atoms with Crippen LogP contribution in [-0.4, -0.2) is 53.0 Å². The monoisotopic (exact) mass is 478 g/mol. The maximum Gasteiger partial charge on any atom is 0.458 e. The van der Waals surface area contributed by atoms with E-state index < -0.39 is 6.18 Å². The average Bonchev–Trinajstić information content (AvgIpc) is 2.85. The Morgan fingerprint density at radius 2 is 1.51 bits per heavy atom. The number of halogens is 3. The van der Waals surface area contributed by atoms with Crippen molar-refractivity contribution in [2.45, 2.75) is 19.3 Å². The van der Waals surface area contributed by atoms with Gasteiger partial charge in [0.2, 0.25) is 0 Å². The minimum absolute atomic E-state index is 0.225. The van der Waals surface area contributed by atoms with Crippen LogP contribution in [0.15, 0.2) is 73.1 Å². The number of nitrogens with one attached hydrogen (secondary N) is 1. The molecule has 4 rings (SSSR count). The topological polar surface area (TPSA) is 48.5 Å². The largest absolute Gasteiger partial charge is 0.458 e. The Labute approximate surface area is 202 Å². The van der Waals surface area contributed by atoms with Crippen LogP contribution in [0.3, 0.4) is 0 Å². The highest BCUT2D eigenvalue weighted by molar-refractivity contribution is 6.04. The van der Waals surface area contributed by atoms with Gasteiger partial charge in [-0.25, -0.2) is 0 Å². The minimum atomic E-state index is -4.53. The zero-order valence-electron chi connectivity index (χ0n) is 19.1. The van der Waals surface area contributed by atoms with Crippen LogP contribution < -0.4 is 5.32 Å². The second-order valence-electron chi connectivity index (χ2n) is 8.39. The van der Waals surface area contributed by atoms with Crippen LogP contribution >= 0.6 is 0 Å². The second kappa shape index (κ2) is 11.2. The number of hydrogen-bond acceptors (Lipinski definition) is 4. The molecule has 0 unspecified atom stereocenters. The number of carbonyl (C=O) groups excluding carboxylic acids is 1. The molecule has 3 aromatic rings. The first-order valence-corrected chi connectivity index (χ1v) is 11.3. The number of aromatic nitrogens is 1. The van der Waals surface area contributed by atoms with Gasteiger partial charge in [0.15, 0.2) is 0 Å². The number of alkyl halides is 3. The number of carbonyl (C=O) groups is 1. The van der Waals surface area contributed by atoms with Gasteiger partial charge in [-0.1, -0.05) is 24.1 Å². The SMILES string of the molecule is O=C(Nc1ccc(C#CC(F)(F)F)cc1)c1ccc(CN2CCN(Cc3cccnc3)CC2)cc1. The third-order valence-corrected chi connectivity index (χ3v) is 5.71. The van der Waals surface area contributed by atoms with E-state index in [0.29, 0.717) is 11.3 Å². The van der Waals surface area contributed by atoms with Crippen molar-refractivity contribution in [3.63, 3.8) is 0 Å². The van der Waals surface area contributed by atoms with Crippen molar-refractivity contribution in [3.8, 4) is 11.8 Å². The highest BCUT2D eigenvalue weighted by Crippen LogP contribution is 2.16. The summed E-state index contributed by atoms with van der Waals surface area (Å²) >= 11 is 0. The van der Waals surface area contributed by atoms with Crippen molar-refractivity contribution in [3.05, 3.63) is 95.3 Å². The first-order chi connectivity index (χ1) is 16.8. The zero-order chi connectivity index (χ0) is 24.7. The van der Waals surface area contributed by atoms with Crippen molar-refractivity contribution < 1.29 is 18.0 Å². The molecule has 1 amide bonds. The first kappa shape index (κ1) is 24.5. The molecular formula is C27H25F3N4O. The Bertz CT molecular complexity index is 1180. The molecule has 8 heteroatoms. The van der Waals surface area contributed by atoms with Gasteiger partial charge < -0.3 is 5.32 Å². The molecule has 1 aromatic heterocycles. The lowest BCUT2D eigenvalue weighted by Gasteiger charge is -2.34. The normalized spacial score (nSPS) is 14.7. The molecule has 1 aliphatic rings. The summed E-state index contributed by atoms with van der Waals surface area (Å²) in [4.78, 5) is 21.5. The van der Waals surface area contributed by atoms with Crippen LogP contribution in [0.1, 0.15) is 27.0 Å². The minimum Gasteiger partial charge on any atom is -0.322 e. The van der Waals surface area contributed by atoms with Gasteiger partial charge in [-0.15, -0.1) is 0 Å². The van der Waals surface area contributed by atoms with Gasteiger partial charge in [0.25, 0.3) is 5.91 Å².